The molecular formula is C11H18F3NO. The number of hydrogen-bond acceptors (Lipinski definition) is 1. The molecular weight excluding hydrogens is 219 g/mol. The second-order valence-electron chi connectivity index (χ2n) is 4.99. The predicted molar refractivity (Wildman–Crippen MR) is 54.7 cm³/mol. The first-order valence-electron chi connectivity index (χ1n) is 5.64. The van der Waals surface area contributed by atoms with Crippen LogP contribution < -0.4 is 5.32 Å². The molecule has 1 saturated carbocycles. The predicted octanol–water partition coefficient (Wildman–Crippen LogP) is 2.74. The van der Waals surface area contributed by atoms with E-state index in [-0.39, 0.29) is 12.5 Å². The van der Waals surface area contributed by atoms with Crippen molar-refractivity contribution in [3.63, 3.8) is 0 Å². The lowest BCUT2D eigenvalue weighted by Crippen LogP contribution is -2.40. The second kappa shape index (κ2) is 5.06. The molecule has 0 radical (unpaired) electrons. The fourth-order valence-electron chi connectivity index (χ4n) is 2.62. The van der Waals surface area contributed by atoms with Gasteiger partial charge in [0.1, 0.15) is 0 Å². The fraction of sp³-hybridized carbons (Fsp3) is 0.909. The number of rotatable bonds is 2. The van der Waals surface area contributed by atoms with Gasteiger partial charge in [-0.25, -0.2) is 0 Å². The Labute approximate surface area is 93.6 Å². The van der Waals surface area contributed by atoms with Gasteiger partial charge in [-0.2, -0.15) is 13.2 Å². The summed E-state index contributed by atoms with van der Waals surface area (Å²) in [7, 11) is 0. The minimum Gasteiger partial charge on any atom is -0.348 e. The third-order valence-electron chi connectivity index (χ3n) is 3.08. The van der Waals surface area contributed by atoms with Crippen molar-refractivity contribution >= 4 is 5.91 Å². The smallest absolute Gasteiger partial charge is 0.348 e. The molecule has 5 heteroatoms. The number of carbonyl (C=O) groups excluding carboxylic acids is 1. The van der Waals surface area contributed by atoms with E-state index < -0.39 is 12.1 Å². The van der Waals surface area contributed by atoms with Gasteiger partial charge in [-0.1, -0.05) is 13.8 Å². The van der Waals surface area contributed by atoms with Crippen molar-refractivity contribution in [1.82, 2.24) is 5.32 Å². The van der Waals surface area contributed by atoms with Crippen molar-refractivity contribution in [1.29, 1.82) is 0 Å². The van der Waals surface area contributed by atoms with Crippen molar-refractivity contribution in [2.75, 3.05) is 6.54 Å². The van der Waals surface area contributed by atoms with Crippen LogP contribution in [-0.2, 0) is 4.79 Å². The number of alkyl halides is 3. The Morgan fingerprint density at radius 1 is 1.19 bits per heavy atom. The van der Waals surface area contributed by atoms with Crippen LogP contribution in [0.25, 0.3) is 0 Å². The molecule has 0 aromatic carbocycles. The SMILES string of the molecule is CC1CC(C)CC(CNC(=O)C(F)(F)F)C1. The van der Waals surface area contributed by atoms with Gasteiger partial charge in [0, 0.05) is 6.54 Å². The van der Waals surface area contributed by atoms with E-state index >= 15 is 0 Å². The zero-order valence-electron chi connectivity index (χ0n) is 9.60. The summed E-state index contributed by atoms with van der Waals surface area (Å²) in [6.07, 6.45) is -1.82. The Balaban J connectivity index is 2.35. The van der Waals surface area contributed by atoms with Crippen LogP contribution >= 0.6 is 0 Å². The zero-order chi connectivity index (χ0) is 12.3. The normalized spacial score (nSPS) is 31.2. The summed E-state index contributed by atoms with van der Waals surface area (Å²) in [4.78, 5) is 10.6. The van der Waals surface area contributed by atoms with Crippen LogP contribution in [0.2, 0.25) is 0 Å². The Morgan fingerprint density at radius 3 is 2.12 bits per heavy atom. The van der Waals surface area contributed by atoms with E-state index in [0.717, 1.165) is 19.3 Å². The number of hydrogen-bond donors (Lipinski definition) is 1. The molecule has 1 rings (SSSR count). The average molecular weight is 237 g/mol. The molecule has 1 aliphatic carbocycles. The highest BCUT2D eigenvalue weighted by atomic mass is 19.4. The molecule has 0 aromatic heterocycles. The monoisotopic (exact) mass is 237 g/mol. The summed E-state index contributed by atoms with van der Waals surface area (Å²) >= 11 is 0. The Hall–Kier alpha value is -0.740. The van der Waals surface area contributed by atoms with Crippen LogP contribution in [-0.4, -0.2) is 18.6 Å². The summed E-state index contributed by atoms with van der Waals surface area (Å²) < 4.78 is 35.8. The standard InChI is InChI=1S/C11H18F3NO/c1-7-3-8(2)5-9(4-7)6-15-10(16)11(12,13)14/h7-9H,3-6H2,1-2H3,(H,15,16). The van der Waals surface area contributed by atoms with Crippen molar-refractivity contribution in [3.8, 4) is 0 Å². The maximum atomic E-state index is 11.9. The van der Waals surface area contributed by atoms with E-state index in [2.05, 4.69) is 13.8 Å². The number of amides is 1. The minimum atomic E-state index is -4.76. The summed E-state index contributed by atoms with van der Waals surface area (Å²) in [5.41, 5.74) is 0. The van der Waals surface area contributed by atoms with E-state index in [1.54, 1.807) is 0 Å². The molecule has 0 spiro atoms. The first-order chi connectivity index (χ1) is 7.29. The lowest BCUT2D eigenvalue weighted by Gasteiger charge is -2.31. The van der Waals surface area contributed by atoms with Gasteiger partial charge in [-0.15, -0.1) is 0 Å². The Kier molecular flexibility index (Phi) is 4.21. The molecule has 0 bridgehead atoms. The molecule has 0 aliphatic heterocycles. The molecule has 1 N–H and O–H groups in total. The van der Waals surface area contributed by atoms with E-state index in [0.29, 0.717) is 11.8 Å². The third-order valence-corrected chi connectivity index (χ3v) is 3.08. The fourth-order valence-corrected chi connectivity index (χ4v) is 2.62. The topological polar surface area (TPSA) is 29.1 Å². The molecule has 16 heavy (non-hydrogen) atoms. The molecule has 2 atom stereocenters. The first-order valence-corrected chi connectivity index (χ1v) is 5.64. The van der Waals surface area contributed by atoms with Gasteiger partial charge in [0.25, 0.3) is 0 Å². The second-order valence-corrected chi connectivity index (χ2v) is 4.99. The van der Waals surface area contributed by atoms with Crippen LogP contribution in [0.1, 0.15) is 33.1 Å². The molecule has 1 amide bonds. The van der Waals surface area contributed by atoms with Gasteiger partial charge in [-0.05, 0) is 37.0 Å². The number of halogens is 3. The highest BCUT2D eigenvalue weighted by Crippen LogP contribution is 2.32. The van der Waals surface area contributed by atoms with E-state index in [1.807, 2.05) is 5.32 Å². The lowest BCUT2D eigenvalue weighted by atomic mass is 9.77. The maximum Gasteiger partial charge on any atom is 0.471 e. The molecule has 1 fully saturated rings. The molecule has 0 aromatic rings. The van der Waals surface area contributed by atoms with Crippen molar-refractivity contribution in [3.05, 3.63) is 0 Å². The Morgan fingerprint density at radius 2 is 1.69 bits per heavy atom. The molecule has 2 unspecified atom stereocenters. The van der Waals surface area contributed by atoms with Crippen molar-refractivity contribution in [2.45, 2.75) is 39.3 Å². The molecule has 0 heterocycles. The van der Waals surface area contributed by atoms with Crippen LogP contribution in [0.4, 0.5) is 13.2 Å². The summed E-state index contributed by atoms with van der Waals surface area (Å²) in [5, 5.41) is 1.97. The molecule has 0 saturated heterocycles. The zero-order valence-corrected chi connectivity index (χ0v) is 9.60. The van der Waals surface area contributed by atoms with Gasteiger partial charge in [0.05, 0.1) is 0 Å². The van der Waals surface area contributed by atoms with Crippen molar-refractivity contribution in [2.24, 2.45) is 17.8 Å². The van der Waals surface area contributed by atoms with Gasteiger partial charge in [0.15, 0.2) is 0 Å². The maximum absolute atomic E-state index is 11.9. The first kappa shape index (κ1) is 13.3. The van der Waals surface area contributed by atoms with Crippen LogP contribution in [0.3, 0.4) is 0 Å². The highest BCUT2D eigenvalue weighted by Gasteiger charge is 2.38. The highest BCUT2D eigenvalue weighted by molar-refractivity contribution is 5.81. The van der Waals surface area contributed by atoms with Crippen molar-refractivity contribution < 1.29 is 18.0 Å². The summed E-state index contributed by atoms with van der Waals surface area (Å²) in [6.45, 7) is 4.36. The van der Waals surface area contributed by atoms with Gasteiger partial charge in [0.2, 0.25) is 0 Å². The third kappa shape index (κ3) is 4.02. The van der Waals surface area contributed by atoms with Gasteiger partial charge < -0.3 is 5.32 Å². The quantitative estimate of drug-likeness (QED) is 0.786. The van der Waals surface area contributed by atoms with Crippen LogP contribution in [0, 0.1) is 17.8 Å². The van der Waals surface area contributed by atoms with Gasteiger partial charge >= 0.3 is 12.1 Å². The lowest BCUT2D eigenvalue weighted by molar-refractivity contribution is -0.173. The van der Waals surface area contributed by atoms with Crippen LogP contribution in [0.5, 0.6) is 0 Å². The number of nitrogens with one attached hydrogen (secondary N) is 1. The minimum absolute atomic E-state index is 0.146. The summed E-state index contributed by atoms with van der Waals surface area (Å²) in [5.74, 6) is -0.559. The van der Waals surface area contributed by atoms with E-state index in [1.165, 1.54) is 0 Å². The average Bonchev–Trinajstić information content (AvgIpc) is 2.11. The van der Waals surface area contributed by atoms with E-state index in [4.69, 9.17) is 0 Å². The van der Waals surface area contributed by atoms with Gasteiger partial charge in [-0.3, -0.25) is 4.79 Å². The van der Waals surface area contributed by atoms with E-state index in [9.17, 15) is 18.0 Å². The molecule has 2 nitrogen and oxygen atoms in total. The van der Waals surface area contributed by atoms with Crippen LogP contribution in [0.15, 0.2) is 0 Å². The summed E-state index contributed by atoms with van der Waals surface area (Å²) in [6, 6.07) is 0. The largest absolute Gasteiger partial charge is 0.471 e. The molecule has 94 valence electrons. The molecule has 1 aliphatic rings. The number of carbonyl (C=O) groups is 1. The Bertz CT molecular complexity index is 242.